The third-order valence-electron chi connectivity index (χ3n) is 8.88. The second-order valence-electron chi connectivity index (χ2n) is 10.6. The molecule has 190 valence electrons. The smallest absolute Gasteiger partial charge is 0.241 e. The Morgan fingerprint density at radius 3 is 2.38 bits per heavy atom. The summed E-state index contributed by atoms with van der Waals surface area (Å²) in [4.78, 5) is 56.3. The fraction of sp³-hybridized carbons (Fsp3) is 0.357. The molecule has 2 saturated heterocycles. The molecule has 7 nitrogen and oxygen atoms in total. The lowest BCUT2D eigenvalue weighted by molar-refractivity contribution is -0.138. The maximum atomic E-state index is 14.2. The van der Waals surface area contributed by atoms with Gasteiger partial charge in [0.05, 0.1) is 33.9 Å². The van der Waals surface area contributed by atoms with E-state index in [-0.39, 0.29) is 34.7 Å². The molecule has 0 aromatic heterocycles. The van der Waals surface area contributed by atoms with E-state index in [1.165, 1.54) is 36.2 Å². The van der Waals surface area contributed by atoms with E-state index >= 15 is 0 Å². The number of likely N-dealkylation sites (tertiary alicyclic amines) is 1. The van der Waals surface area contributed by atoms with Gasteiger partial charge in [-0.15, -0.1) is 0 Å². The number of nitrogens with zero attached hydrogens (tertiary/aromatic N) is 2. The molecule has 6 rings (SSSR count). The van der Waals surface area contributed by atoms with Crippen molar-refractivity contribution in [2.75, 3.05) is 11.9 Å². The topological polar surface area (TPSA) is 95.0 Å². The van der Waals surface area contributed by atoms with Crippen molar-refractivity contribution < 1.29 is 28.7 Å². The van der Waals surface area contributed by atoms with E-state index in [9.17, 15) is 28.7 Å². The summed E-state index contributed by atoms with van der Waals surface area (Å²) in [6.45, 7) is 1.76. The van der Waals surface area contributed by atoms with Gasteiger partial charge in [0.15, 0.2) is 0 Å². The van der Waals surface area contributed by atoms with E-state index in [1.54, 1.807) is 19.1 Å². The van der Waals surface area contributed by atoms with Crippen molar-refractivity contribution in [1.29, 1.82) is 0 Å². The summed E-state index contributed by atoms with van der Waals surface area (Å²) >= 11 is 5.99. The first kappa shape index (κ1) is 23.9. The lowest BCUT2D eigenvalue weighted by Crippen LogP contribution is -2.48. The SMILES string of the molecule is CN1C(=O)C2CC=C3C(CC4C(=O)N(c5ccc(F)c(Cl)c5)C(=O)C4(C)C3c3ccc(O)cc3)C2C1=O. The summed E-state index contributed by atoms with van der Waals surface area (Å²) in [6.07, 6.45) is 2.57. The molecule has 2 aromatic rings. The van der Waals surface area contributed by atoms with Crippen LogP contribution >= 0.6 is 11.6 Å². The third-order valence-corrected chi connectivity index (χ3v) is 9.17. The van der Waals surface area contributed by atoms with E-state index in [0.29, 0.717) is 6.42 Å². The van der Waals surface area contributed by atoms with Crippen LogP contribution < -0.4 is 4.90 Å². The number of anilines is 1. The van der Waals surface area contributed by atoms with Gasteiger partial charge in [-0.2, -0.15) is 0 Å². The number of allylic oxidation sites excluding steroid dienone is 2. The molecule has 0 bridgehead atoms. The second kappa shape index (κ2) is 7.99. The molecule has 37 heavy (non-hydrogen) atoms. The lowest BCUT2D eigenvalue weighted by atomic mass is 9.51. The van der Waals surface area contributed by atoms with Crippen molar-refractivity contribution in [2.45, 2.75) is 25.7 Å². The Morgan fingerprint density at radius 1 is 1.00 bits per heavy atom. The van der Waals surface area contributed by atoms with Crippen LogP contribution in [0.25, 0.3) is 0 Å². The summed E-state index contributed by atoms with van der Waals surface area (Å²) in [7, 11) is 1.48. The molecule has 2 heterocycles. The Labute approximate surface area is 217 Å². The van der Waals surface area contributed by atoms with E-state index < -0.39 is 52.6 Å². The van der Waals surface area contributed by atoms with E-state index in [4.69, 9.17) is 11.6 Å². The predicted molar refractivity (Wildman–Crippen MR) is 132 cm³/mol. The number of aromatic hydroxyl groups is 1. The van der Waals surface area contributed by atoms with Gasteiger partial charge in [0.2, 0.25) is 23.6 Å². The van der Waals surface area contributed by atoms with Gasteiger partial charge in [-0.25, -0.2) is 9.29 Å². The molecule has 3 fully saturated rings. The van der Waals surface area contributed by atoms with Crippen LogP contribution in [0, 0.1) is 34.9 Å². The molecule has 6 atom stereocenters. The maximum Gasteiger partial charge on any atom is 0.241 e. The van der Waals surface area contributed by atoms with Crippen molar-refractivity contribution in [2.24, 2.45) is 29.1 Å². The number of carbonyl (C=O) groups excluding carboxylic acids is 4. The third kappa shape index (κ3) is 3.11. The zero-order valence-electron chi connectivity index (χ0n) is 20.2. The van der Waals surface area contributed by atoms with Crippen molar-refractivity contribution in [3.8, 4) is 5.75 Å². The first-order chi connectivity index (χ1) is 17.6. The molecule has 4 amide bonds. The molecule has 2 aliphatic heterocycles. The Balaban J connectivity index is 1.53. The van der Waals surface area contributed by atoms with Crippen molar-refractivity contribution >= 4 is 40.9 Å². The van der Waals surface area contributed by atoms with Crippen LogP contribution in [0.2, 0.25) is 5.02 Å². The normalized spacial score (nSPS) is 32.9. The van der Waals surface area contributed by atoms with Crippen molar-refractivity contribution in [3.05, 3.63) is 70.5 Å². The number of imide groups is 2. The number of fused-ring (bicyclic) bond motifs is 4. The Bertz CT molecular complexity index is 1420. The molecule has 0 spiro atoms. The number of halogens is 2. The number of carbonyl (C=O) groups is 4. The number of phenols is 1. The van der Waals surface area contributed by atoms with Crippen LogP contribution in [0.4, 0.5) is 10.1 Å². The average molecular weight is 523 g/mol. The van der Waals surface area contributed by atoms with Gasteiger partial charge in [0, 0.05) is 13.0 Å². The highest BCUT2D eigenvalue weighted by Crippen LogP contribution is 2.63. The van der Waals surface area contributed by atoms with Crippen LogP contribution in [-0.4, -0.2) is 40.7 Å². The summed E-state index contributed by atoms with van der Waals surface area (Å²) in [6, 6.07) is 10.2. The van der Waals surface area contributed by atoms with Crippen LogP contribution in [0.15, 0.2) is 54.1 Å². The molecule has 1 saturated carbocycles. The van der Waals surface area contributed by atoms with E-state index in [0.717, 1.165) is 22.1 Å². The Hall–Kier alpha value is -3.52. The molecule has 1 N–H and O–H groups in total. The maximum absolute atomic E-state index is 14.2. The van der Waals surface area contributed by atoms with Crippen molar-refractivity contribution in [3.63, 3.8) is 0 Å². The predicted octanol–water partition coefficient (Wildman–Crippen LogP) is 4.05. The standard InChI is InChI=1S/C28H24ClFN2O5/c1-28-19(25(35)32(27(28)37)14-5-10-21(30)20(29)11-14)12-18-16(23(28)13-3-6-15(33)7-4-13)8-9-17-22(18)26(36)31(2)24(17)34/h3-8,10-11,17-19,22-23,33H,9,12H2,1-2H3. The van der Waals surface area contributed by atoms with E-state index in [1.807, 2.05) is 6.08 Å². The van der Waals surface area contributed by atoms with Crippen LogP contribution in [0.3, 0.4) is 0 Å². The Morgan fingerprint density at radius 2 is 1.70 bits per heavy atom. The fourth-order valence-corrected chi connectivity index (χ4v) is 7.26. The van der Waals surface area contributed by atoms with Gasteiger partial charge in [0.1, 0.15) is 11.6 Å². The zero-order chi connectivity index (χ0) is 26.4. The molecule has 2 aliphatic carbocycles. The molecule has 9 heteroatoms. The molecular weight excluding hydrogens is 499 g/mol. The van der Waals surface area contributed by atoms with Gasteiger partial charge in [-0.3, -0.25) is 24.1 Å². The highest BCUT2D eigenvalue weighted by molar-refractivity contribution is 6.31. The van der Waals surface area contributed by atoms with Gasteiger partial charge >= 0.3 is 0 Å². The minimum atomic E-state index is -1.21. The monoisotopic (exact) mass is 522 g/mol. The van der Waals surface area contributed by atoms with Gasteiger partial charge < -0.3 is 5.11 Å². The first-order valence-electron chi connectivity index (χ1n) is 12.2. The number of amides is 4. The molecular formula is C28H24ClFN2O5. The molecule has 0 radical (unpaired) electrons. The number of hydrogen-bond donors (Lipinski definition) is 1. The molecule has 2 aromatic carbocycles. The first-order valence-corrected chi connectivity index (χ1v) is 12.6. The van der Waals surface area contributed by atoms with Crippen LogP contribution in [0.1, 0.15) is 31.2 Å². The average Bonchev–Trinajstić information content (AvgIpc) is 3.21. The number of phenolic OH excluding ortho intramolecular Hbond substituents is 1. The minimum Gasteiger partial charge on any atom is -0.508 e. The highest BCUT2D eigenvalue weighted by Gasteiger charge is 2.67. The van der Waals surface area contributed by atoms with Gasteiger partial charge in [-0.05, 0) is 61.6 Å². The van der Waals surface area contributed by atoms with Crippen molar-refractivity contribution in [1.82, 2.24) is 4.90 Å². The quantitative estimate of drug-likeness (QED) is 0.474. The van der Waals surface area contributed by atoms with Crippen LogP contribution in [0.5, 0.6) is 5.75 Å². The summed E-state index contributed by atoms with van der Waals surface area (Å²) < 4.78 is 13.9. The largest absolute Gasteiger partial charge is 0.508 e. The number of benzene rings is 2. The van der Waals surface area contributed by atoms with E-state index in [2.05, 4.69) is 0 Å². The highest BCUT2D eigenvalue weighted by atomic mass is 35.5. The summed E-state index contributed by atoms with van der Waals surface area (Å²) in [5.41, 5.74) is 0.567. The number of hydrogen-bond acceptors (Lipinski definition) is 5. The minimum absolute atomic E-state index is 0.0603. The Kier molecular flexibility index (Phi) is 5.15. The zero-order valence-corrected chi connectivity index (χ0v) is 20.9. The molecule has 6 unspecified atom stereocenters. The fourth-order valence-electron chi connectivity index (χ4n) is 7.09. The molecule has 4 aliphatic rings. The lowest BCUT2D eigenvalue weighted by Gasteiger charge is -2.49. The number of rotatable bonds is 2. The van der Waals surface area contributed by atoms with Gasteiger partial charge in [-0.1, -0.05) is 35.4 Å². The second-order valence-corrected chi connectivity index (χ2v) is 11.0. The van der Waals surface area contributed by atoms with Gasteiger partial charge in [0.25, 0.3) is 0 Å². The van der Waals surface area contributed by atoms with Crippen LogP contribution in [-0.2, 0) is 19.2 Å². The summed E-state index contributed by atoms with van der Waals surface area (Å²) in [5, 5.41) is 9.71. The summed E-state index contributed by atoms with van der Waals surface area (Å²) in [5.74, 6) is -4.80.